The van der Waals surface area contributed by atoms with Crippen molar-refractivity contribution >= 4 is 49.7 Å². The van der Waals surface area contributed by atoms with Crippen molar-refractivity contribution in [3.8, 4) is 5.75 Å². The highest BCUT2D eigenvalue weighted by Crippen LogP contribution is 2.31. The normalized spacial score (nSPS) is 12.4. The Labute approximate surface area is 175 Å². The molecule has 3 aromatic rings. The number of amides is 1. The van der Waals surface area contributed by atoms with Crippen LogP contribution >= 0.6 is 11.6 Å². The molecule has 0 bridgehead atoms. The quantitative estimate of drug-likeness (QED) is 0.630. The molecule has 6 nitrogen and oxygen atoms in total. The Kier molecular flexibility index (Phi) is 6.00. The standard InChI is InChI=1S/C21H21ClN2O4S/c1-14(21(25)23-19-10-6-8-15-7-4-5-9-17(15)19)24(29(3,26)27)16-11-12-20(28-2)18(22)13-16/h4-14H,1-3H3,(H,23,25)/t14-/m1/s1. The van der Waals surface area contributed by atoms with Crippen LogP contribution in [0.25, 0.3) is 10.8 Å². The van der Waals surface area contributed by atoms with Crippen LogP contribution < -0.4 is 14.4 Å². The van der Waals surface area contributed by atoms with E-state index in [2.05, 4.69) is 5.32 Å². The van der Waals surface area contributed by atoms with E-state index in [1.54, 1.807) is 18.2 Å². The van der Waals surface area contributed by atoms with Crippen LogP contribution in [-0.4, -0.2) is 33.7 Å². The molecule has 0 saturated carbocycles. The molecular weight excluding hydrogens is 412 g/mol. The van der Waals surface area contributed by atoms with Crippen LogP contribution in [0.15, 0.2) is 60.7 Å². The van der Waals surface area contributed by atoms with Gasteiger partial charge in [0.15, 0.2) is 0 Å². The molecule has 1 N–H and O–H groups in total. The zero-order chi connectivity index (χ0) is 21.2. The molecule has 0 radical (unpaired) electrons. The molecule has 3 aromatic carbocycles. The smallest absolute Gasteiger partial charge is 0.248 e. The summed E-state index contributed by atoms with van der Waals surface area (Å²) in [5, 5.41) is 4.93. The summed E-state index contributed by atoms with van der Waals surface area (Å²) < 4.78 is 31.1. The van der Waals surface area contributed by atoms with Crippen LogP contribution in [0, 0.1) is 0 Å². The molecule has 0 spiro atoms. The topological polar surface area (TPSA) is 75.7 Å². The third-order valence-electron chi connectivity index (χ3n) is 4.53. The molecule has 0 saturated heterocycles. The minimum atomic E-state index is -3.76. The number of benzene rings is 3. The summed E-state index contributed by atoms with van der Waals surface area (Å²) in [5.41, 5.74) is 0.889. The average Bonchev–Trinajstić information content (AvgIpc) is 2.67. The maximum atomic E-state index is 13.0. The molecule has 1 amide bonds. The van der Waals surface area contributed by atoms with E-state index >= 15 is 0 Å². The number of hydrogen-bond donors (Lipinski definition) is 1. The second-order valence-corrected chi connectivity index (χ2v) is 8.84. The van der Waals surface area contributed by atoms with Gasteiger partial charge < -0.3 is 10.1 Å². The van der Waals surface area contributed by atoms with Crippen molar-refractivity contribution in [1.82, 2.24) is 0 Å². The van der Waals surface area contributed by atoms with Gasteiger partial charge in [0.1, 0.15) is 11.8 Å². The van der Waals surface area contributed by atoms with Crippen LogP contribution in [0.4, 0.5) is 11.4 Å². The molecule has 0 fully saturated rings. The number of sulfonamides is 1. The SMILES string of the molecule is COc1ccc(N([C@H](C)C(=O)Nc2cccc3ccccc23)S(C)(=O)=O)cc1Cl. The highest BCUT2D eigenvalue weighted by molar-refractivity contribution is 7.92. The number of carbonyl (C=O) groups is 1. The first-order valence-corrected chi connectivity index (χ1v) is 11.1. The first kappa shape index (κ1) is 21.0. The van der Waals surface area contributed by atoms with E-state index < -0.39 is 22.0 Å². The summed E-state index contributed by atoms with van der Waals surface area (Å²) in [6.45, 7) is 1.53. The molecular formula is C21H21ClN2O4S. The lowest BCUT2D eigenvalue weighted by Gasteiger charge is -2.28. The van der Waals surface area contributed by atoms with Gasteiger partial charge in [0, 0.05) is 11.1 Å². The lowest BCUT2D eigenvalue weighted by atomic mass is 10.1. The predicted octanol–water partition coefficient (Wildman–Crippen LogP) is 4.30. The second-order valence-electron chi connectivity index (χ2n) is 6.57. The number of hydrogen-bond acceptors (Lipinski definition) is 4. The molecule has 152 valence electrons. The summed E-state index contributed by atoms with van der Waals surface area (Å²) in [5.74, 6) is -0.0459. The van der Waals surface area contributed by atoms with Crippen molar-refractivity contribution in [2.24, 2.45) is 0 Å². The van der Waals surface area contributed by atoms with Gasteiger partial charge in [-0.05, 0) is 36.6 Å². The molecule has 1 atom stereocenters. The van der Waals surface area contributed by atoms with Gasteiger partial charge in [0.25, 0.3) is 0 Å². The minimum Gasteiger partial charge on any atom is -0.495 e. The van der Waals surface area contributed by atoms with Crippen molar-refractivity contribution < 1.29 is 17.9 Å². The molecule has 0 aromatic heterocycles. The molecule has 29 heavy (non-hydrogen) atoms. The number of halogens is 1. The molecule has 0 heterocycles. The molecule has 3 rings (SSSR count). The summed E-state index contributed by atoms with van der Waals surface area (Å²) in [6, 6.07) is 16.7. The predicted molar refractivity (Wildman–Crippen MR) is 117 cm³/mol. The molecule has 0 aliphatic heterocycles. The van der Waals surface area contributed by atoms with Gasteiger partial charge in [-0.3, -0.25) is 9.10 Å². The Morgan fingerprint density at radius 1 is 1.10 bits per heavy atom. The van der Waals surface area contributed by atoms with Crippen molar-refractivity contribution in [3.63, 3.8) is 0 Å². The van der Waals surface area contributed by atoms with E-state index in [1.807, 2.05) is 36.4 Å². The number of nitrogens with one attached hydrogen (secondary N) is 1. The third-order valence-corrected chi connectivity index (χ3v) is 6.06. The van der Waals surface area contributed by atoms with Gasteiger partial charge >= 0.3 is 0 Å². The summed E-state index contributed by atoms with van der Waals surface area (Å²) in [4.78, 5) is 13.0. The highest BCUT2D eigenvalue weighted by atomic mass is 35.5. The van der Waals surface area contributed by atoms with Crippen molar-refractivity contribution in [3.05, 3.63) is 65.7 Å². The van der Waals surface area contributed by atoms with Gasteiger partial charge in [0.2, 0.25) is 15.9 Å². The number of methoxy groups -OCH3 is 1. The fourth-order valence-electron chi connectivity index (χ4n) is 3.17. The number of anilines is 2. The van der Waals surface area contributed by atoms with Gasteiger partial charge in [-0.15, -0.1) is 0 Å². The van der Waals surface area contributed by atoms with Crippen LogP contribution in [0.1, 0.15) is 6.92 Å². The fourth-order valence-corrected chi connectivity index (χ4v) is 4.59. The van der Waals surface area contributed by atoms with Crippen LogP contribution in [0.2, 0.25) is 5.02 Å². The monoisotopic (exact) mass is 432 g/mol. The van der Waals surface area contributed by atoms with Gasteiger partial charge in [-0.2, -0.15) is 0 Å². The lowest BCUT2D eigenvalue weighted by molar-refractivity contribution is -0.116. The fraction of sp³-hybridized carbons (Fsp3) is 0.190. The zero-order valence-corrected chi connectivity index (χ0v) is 17.8. The van der Waals surface area contributed by atoms with E-state index in [1.165, 1.54) is 20.1 Å². The first-order valence-electron chi connectivity index (χ1n) is 8.84. The Bertz CT molecular complexity index is 1160. The number of carbonyl (C=O) groups excluding carboxylic acids is 1. The number of rotatable bonds is 6. The Morgan fingerprint density at radius 3 is 2.45 bits per heavy atom. The molecule has 8 heteroatoms. The van der Waals surface area contributed by atoms with Crippen molar-refractivity contribution in [1.29, 1.82) is 0 Å². The summed E-state index contributed by atoms with van der Waals surface area (Å²) in [7, 11) is -2.29. The summed E-state index contributed by atoms with van der Waals surface area (Å²) >= 11 is 6.16. The largest absolute Gasteiger partial charge is 0.495 e. The maximum absolute atomic E-state index is 13.0. The highest BCUT2D eigenvalue weighted by Gasteiger charge is 2.30. The number of ether oxygens (including phenoxy) is 1. The van der Waals surface area contributed by atoms with E-state index in [0.717, 1.165) is 21.3 Å². The van der Waals surface area contributed by atoms with Gasteiger partial charge in [0.05, 0.1) is 24.1 Å². The van der Waals surface area contributed by atoms with Crippen LogP contribution in [0.3, 0.4) is 0 Å². The number of nitrogens with zero attached hydrogens (tertiary/aromatic N) is 1. The second kappa shape index (κ2) is 8.31. The minimum absolute atomic E-state index is 0.250. The Balaban J connectivity index is 1.95. The van der Waals surface area contributed by atoms with Crippen LogP contribution in [-0.2, 0) is 14.8 Å². The third kappa shape index (κ3) is 4.46. The molecule has 0 unspecified atom stereocenters. The van der Waals surface area contributed by atoms with E-state index in [9.17, 15) is 13.2 Å². The van der Waals surface area contributed by atoms with Gasteiger partial charge in [-0.1, -0.05) is 48.0 Å². The Hall–Kier alpha value is -2.77. The van der Waals surface area contributed by atoms with E-state index in [4.69, 9.17) is 16.3 Å². The average molecular weight is 433 g/mol. The maximum Gasteiger partial charge on any atom is 0.248 e. The van der Waals surface area contributed by atoms with E-state index in [0.29, 0.717) is 11.4 Å². The number of fused-ring (bicyclic) bond motifs is 1. The van der Waals surface area contributed by atoms with Crippen molar-refractivity contribution in [2.45, 2.75) is 13.0 Å². The van der Waals surface area contributed by atoms with Gasteiger partial charge in [-0.25, -0.2) is 8.42 Å². The molecule has 0 aliphatic carbocycles. The lowest BCUT2D eigenvalue weighted by Crippen LogP contribution is -2.45. The summed E-state index contributed by atoms with van der Waals surface area (Å²) in [6.07, 6.45) is 1.05. The van der Waals surface area contributed by atoms with E-state index in [-0.39, 0.29) is 10.7 Å². The Morgan fingerprint density at radius 2 is 1.79 bits per heavy atom. The van der Waals surface area contributed by atoms with Crippen molar-refractivity contribution in [2.75, 3.05) is 23.0 Å². The zero-order valence-electron chi connectivity index (χ0n) is 16.2. The molecule has 0 aliphatic rings. The van der Waals surface area contributed by atoms with Crippen LogP contribution in [0.5, 0.6) is 5.75 Å². The first-order chi connectivity index (χ1) is 13.7.